The molecule has 3 aromatic rings. The number of halogens is 2. The number of Topliss-reactive ketones (excluding diaryl/α,β-unsaturated/α-hetero) is 1. The molecule has 6 atom stereocenters. The molecule has 8 rings (SSSR count). The predicted octanol–water partition coefficient (Wildman–Crippen LogP) is 5.41. The molecular formula is C33H23Cl2N3O8. The molecule has 232 valence electrons. The van der Waals surface area contributed by atoms with Crippen molar-refractivity contribution >= 4 is 58.4 Å². The molecule has 0 N–H and O–H groups in total. The molecule has 46 heavy (non-hydrogen) atoms. The quantitative estimate of drug-likeness (QED) is 0.0593. The summed E-state index contributed by atoms with van der Waals surface area (Å²) < 4.78 is 5.32. The fourth-order valence-electron chi connectivity index (χ4n) is 7.04. The van der Waals surface area contributed by atoms with Gasteiger partial charge in [-0.25, -0.2) is 9.80 Å². The van der Waals surface area contributed by atoms with Crippen molar-refractivity contribution in [1.29, 1.82) is 0 Å². The number of rotatable bonds is 8. The Kier molecular flexibility index (Phi) is 7.25. The summed E-state index contributed by atoms with van der Waals surface area (Å²) in [5, 5.41) is 12.8. The first-order chi connectivity index (χ1) is 22.0. The van der Waals surface area contributed by atoms with E-state index in [4.69, 9.17) is 27.9 Å². The number of hydrogen-bond acceptors (Lipinski definition) is 8. The van der Waals surface area contributed by atoms with Crippen LogP contribution in [0.1, 0.15) is 37.5 Å². The maximum absolute atomic E-state index is 13.9. The van der Waals surface area contributed by atoms with Crippen LogP contribution in [0, 0.1) is 45.6 Å². The Morgan fingerprint density at radius 2 is 1.46 bits per heavy atom. The number of nitrogens with zero attached hydrogens (tertiary/aromatic N) is 3. The van der Waals surface area contributed by atoms with Crippen LogP contribution >= 0.6 is 23.2 Å². The number of carbonyl (C=O) groups excluding carboxylic acids is 5. The highest BCUT2D eigenvalue weighted by Gasteiger charge is 2.68. The zero-order valence-corrected chi connectivity index (χ0v) is 25.3. The number of allylic oxidation sites excluding steroid dienone is 2. The fourth-order valence-corrected chi connectivity index (χ4v) is 7.53. The van der Waals surface area contributed by atoms with Crippen molar-refractivity contribution in [3.05, 3.63) is 116 Å². The second-order valence-electron chi connectivity index (χ2n) is 11.8. The van der Waals surface area contributed by atoms with Crippen LogP contribution in [0.3, 0.4) is 0 Å². The largest absolute Gasteiger partial charge is 0.423 e. The third-order valence-corrected chi connectivity index (χ3v) is 9.82. The molecule has 3 amide bonds. The maximum Gasteiger partial charge on any atom is 0.343 e. The second kappa shape index (κ2) is 11.2. The van der Waals surface area contributed by atoms with E-state index in [1.807, 2.05) is 12.2 Å². The molecule has 0 unspecified atom stereocenters. The lowest BCUT2D eigenvalue weighted by Crippen LogP contribution is -2.52. The third kappa shape index (κ3) is 4.96. The summed E-state index contributed by atoms with van der Waals surface area (Å²) in [6.45, 7) is -0.647. The number of hydrazine groups is 1. The van der Waals surface area contributed by atoms with Crippen molar-refractivity contribution in [2.45, 2.75) is 6.42 Å². The Morgan fingerprint density at radius 1 is 0.870 bits per heavy atom. The first-order valence-corrected chi connectivity index (χ1v) is 15.2. The monoisotopic (exact) mass is 659 g/mol. The number of esters is 1. The standard InChI is InChI=1S/C33H23Cl2N3O8/c34-18-5-10-23(26(35)13-18)30(40)36(37-31(41)28-21-11-12-22(25-14-24(21)25)29(28)32(37)42)15-27(39)16-3-8-20(9-4-16)46-33(43)17-1-6-19(7-2-17)38(44)45/h1-13,21-22,24-25,28-29H,14-15H2/t21-,22-,24-,25-,28-,29+/m0/s1. The van der Waals surface area contributed by atoms with Gasteiger partial charge in [-0.15, -0.1) is 0 Å². The molecule has 11 nitrogen and oxygen atoms in total. The normalized spacial score (nSPS) is 25.1. The summed E-state index contributed by atoms with van der Waals surface area (Å²) >= 11 is 12.4. The van der Waals surface area contributed by atoms with Gasteiger partial charge in [0.15, 0.2) is 5.78 Å². The van der Waals surface area contributed by atoms with E-state index in [9.17, 15) is 34.1 Å². The Balaban J connectivity index is 1.13. The summed E-state index contributed by atoms with van der Waals surface area (Å²) in [4.78, 5) is 78.1. The molecule has 0 aromatic heterocycles. The van der Waals surface area contributed by atoms with Gasteiger partial charge in [-0.3, -0.25) is 29.3 Å². The summed E-state index contributed by atoms with van der Waals surface area (Å²) in [6.07, 6.45) is 4.99. The molecule has 3 aromatic carbocycles. The molecule has 0 radical (unpaired) electrons. The average Bonchev–Trinajstić information content (AvgIpc) is 3.83. The van der Waals surface area contributed by atoms with Crippen molar-refractivity contribution in [3.8, 4) is 5.75 Å². The zero-order chi connectivity index (χ0) is 32.4. The number of ketones is 1. The minimum Gasteiger partial charge on any atom is -0.423 e. The van der Waals surface area contributed by atoms with E-state index in [-0.39, 0.29) is 50.0 Å². The average molecular weight is 660 g/mol. The Bertz CT molecular complexity index is 1840. The zero-order valence-electron chi connectivity index (χ0n) is 23.7. The van der Waals surface area contributed by atoms with Crippen molar-refractivity contribution in [2.24, 2.45) is 35.5 Å². The highest BCUT2D eigenvalue weighted by Crippen LogP contribution is 2.65. The number of ether oxygens (including phenoxy) is 1. The van der Waals surface area contributed by atoms with Crippen LogP contribution in [0.4, 0.5) is 5.69 Å². The van der Waals surface area contributed by atoms with Crippen LogP contribution in [0.2, 0.25) is 10.0 Å². The number of imide groups is 1. The number of nitro benzene ring substituents is 1. The number of benzene rings is 3. The molecule has 1 saturated heterocycles. The van der Waals surface area contributed by atoms with Crippen molar-refractivity contribution in [2.75, 3.05) is 6.54 Å². The lowest BCUT2D eigenvalue weighted by atomic mass is 9.63. The molecule has 1 aliphatic heterocycles. The van der Waals surface area contributed by atoms with E-state index in [0.717, 1.165) is 16.4 Å². The van der Waals surface area contributed by atoms with Crippen LogP contribution in [0.25, 0.3) is 0 Å². The van der Waals surface area contributed by atoms with E-state index < -0.39 is 52.8 Å². The lowest BCUT2D eigenvalue weighted by molar-refractivity contribution is -0.384. The van der Waals surface area contributed by atoms with Gasteiger partial charge in [-0.05, 0) is 84.7 Å². The van der Waals surface area contributed by atoms with Crippen LogP contribution in [0.15, 0.2) is 78.9 Å². The molecule has 1 heterocycles. The highest BCUT2D eigenvalue weighted by molar-refractivity contribution is 6.36. The number of hydrogen-bond donors (Lipinski definition) is 0. The van der Waals surface area contributed by atoms with Gasteiger partial charge in [0.25, 0.3) is 23.4 Å². The van der Waals surface area contributed by atoms with E-state index >= 15 is 0 Å². The van der Waals surface area contributed by atoms with Gasteiger partial charge in [0.2, 0.25) is 0 Å². The Labute approximate surface area is 271 Å². The van der Waals surface area contributed by atoms with Gasteiger partial charge in [0, 0.05) is 22.7 Å². The van der Waals surface area contributed by atoms with Gasteiger partial charge in [-0.1, -0.05) is 35.4 Å². The van der Waals surface area contributed by atoms with Crippen molar-refractivity contribution in [1.82, 2.24) is 10.0 Å². The van der Waals surface area contributed by atoms with Crippen LogP contribution < -0.4 is 4.74 Å². The number of nitro groups is 1. The van der Waals surface area contributed by atoms with Crippen LogP contribution in [0.5, 0.6) is 5.75 Å². The molecule has 3 fully saturated rings. The van der Waals surface area contributed by atoms with E-state index in [2.05, 4.69) is 0 Å². The fraction of sp³-hybridized carbons (Fsp3) is 0.242. The molecule has 4 aliphatic carbocycles. The smallest absolute Gasteiger partial charge is 0.343 e. The first-order valence-electron chi connectivity index (χ1n) is 14.5. The predicted molar refractivity (Wildman–Crippen MR) is 163 cm³/mol. The molecule has 5 aliphatic rings. The first kappa shape index (κ1) is 29.8. The molecule has 2 bridgehead atoms. The summed E-state index contributed by atoms with van der Waals surface area (Å²) in [6, 6.07) is 14.6. The number of amides is 3. The SMILES string of the molecule is O=C(CN(C(=O)c1ccc(Cl)cc1Cl)N1C(=O)[C@@H]2[C@H]3C=C[C@@H]([C@@H]4C[C@@H]34)[C@@H]2C1=O)c1ccc(OC(=O)c2ccc([N+](=O)[O-])cc2)cc1. The van der Waals surface area contributed by atoms with Crippen LogP contribution in [-0.2, 0) is 9.59 Å². The van der Waals surface area contributed by atoms with Gasteiger partial charge >= 0.3 is 5.97 Å². The minimum absolute atomic E-state index is 0.00590. The van der Waals surface area contributed by atoms with E-state index in [0.29, 0.717) is 11.8 Å². The minimum atomic E-state index is -0.811. The summed E-state index contributed by atoms with van der Waals surface area (Å²) in [5.41, 5.74) is -0.00867. The van der Waals surface area contributed by atoms with Gasteiger partial charge < -0.3 is 4.74 Å². The summed E-state index contributed by atoms with van der Waals surface area (Å²) in [5.74, 6) is -3.78. The lowest BCUT2D eigenvalue weighted by Gasteiger charge is -2.37. The highest BCUT2D eigenvalue weighted by atomic mass is 35.5. The number of non-ortho nitro benzene ring substituents is 1. The second-order valence-corrected chi connectivity index (χ2v) is 12.6. The van der Waals surface area contributed by atoms with E-state index in [1.165, 1.54) is 66.7 Å². The number of carbonyl (C=O) groups is 5. The Hall–Kier alpha value is -4.87. The maximum atomic E-state index is 13.9. The topological polar surface area (TPSA) is 144 Å². The Morgan fingerprint density at radius 3 is 2.02 bits per heavy atom. The van der Waals surface area contributed by atoms with Crippen molar-refractivity contribution < 1.29 is 33.6 Å². The van der Waals surface area contributed by atoms with Gasteiger partial charge in [0.1, 0.15) is 12.3 Å². The molecule has 13 heteroatoms. The van der Waals surface area contributed by atoms with E-state index in [1.54, 1.807) is 0 Å². The van der Waals surface area contributed by atoms with Gasteiger partial charge in [-0.2, -0.15) is 5.01 Å². The molecular weight excluding hydrogens is 637 g/mol. The van der Waals surface area contributed by atoms with Crippen molar-refractivity contribution in [3.63, 3.8) is 0 Å². The van der Waals surface area contributed by atoms with Gasteiger partial charge in [0.05, 0.1) is 32.9 Å². The third-order valence-electron chi connectivity index (χ3n) is 9.27. The molecule has 2 saturated carbocycles. The van der Waals surface area contributed by atoms with Crippen LogP contribution in [-0.4, -0.2) is 51.0 Å². The summed E-state index contributed by atoms with van der Waals surface area (Å²) in [7, 11) is 0. The molecule has 0 spiro atoms.